The van der Waals surface area contributed by atoms with Gasteiger partial charge in [0, 0.05) is 0 Å². The Morgan fingerprint density at radius 2 is 1.96 bits per heavy atom. The van der Waals surface area contributed by atoms with E-state index in [0.29, 0.717) is 12.2 Å². The van der Waals surface area contributed by atoms with Crippen LogP contribution in [0.4, 0.5) is 0 Å². The van der Waals surface area contributed by atoms with Crippen molar-refractivity contribution in [2.45, 2.75) is 64.9 Å². The van der Waals surface area contributed by atoms with Gasteiger partial charge in [-0.1, -0.05) is 18.6 Å². The Balaban J connectivity index is 2.10. The van der Waals surface area contributed by atoms with E-state index in [9.17, 15) is 9.59 Å². The summed E-state index contributed by atoms with van der Waals surface area (Å²) < 4.78 is 10.6. The van der Waals surface area contributed by atoms with E-state index < -0.39 is 5.60 Å². The van der Waals surface area contributed by atoms with Gasteiger partial charge >= 0.3 is 11.9 Å². The zero-order chi connectivity index (χ0) is 17.7. The molecular weight excluding hydrogens is 304 g/mol. The van der Waals surface area contributed by atoms with Crippen molar-refractivity contribution in [3.63, 3.8) is 0 Å². The van der Waals surface area contributed by atoms with Gasteiger partial charge in [-0.05, 0) is 70.6 Å². The molecule has 1 saturated carbocycles. The molecule has 0 amide bonds. The third kappa shape index (κ3) is 5.08. The first-order valence-corrected chi connectivity index (χ1v) is 8.80. The maximum Gasteiger partial charge on any atom is 0.338 e. The van der Waals surface area contributed by atoms with Gasteiger partial charge in [0.1, 0.15) is 5.60 Å². The molecule has 2 rings (SSSR count). The van der Waals surface area contributed by atoms with Gasteiger partial charge in [-0.25, -0.2) is 4.79 Å². The summed E-state index contributed by atoms with van der Waals surface area (Å²) in [6, 6.07) is 7.62. The molecule has 0 heterocycles. The Labute approximate surface area is 144 Å². The van der Waals surface area contributed by atoms with Crippen LogP contribution in [0, 0.1) is 5.92 Å². The summed E-state index contributed by atoms with van der Waals surface area (Å²) in [5, 5.41) is 0. The van der Waals surface area contributed by atoms with Crippen LogP contribution in [0.25, 0.3) is 0 Å². The maximum atomic E-state index is 12.3. The highest BCUT2D eigenvalue weighted by molar-refractivity contribution is 5.89. The lowest BCUT2D eigenvalue weighted by Crippen LogP contribution is -2.25. The lowest BCUT2D eigenvalue weighted by atomic mass is 9.78. The van der Waals surface area contributed by atoms with Crippen LogP contribution in [0.5, 0.6) is 0 Å². The Hall–Kier alpha value is -1.84. The van der Waals surface area contributed by atoms with Crippen LogP contribution in [0.2, 0.25) is 0 Å². The first-order valence-electron chi connectivity index (χ1n) is 8.80. The standard InChI is InChI=1S/C20H28O4/c1-5-23-18(21)16-10-6-8-14(12-16)15-9-7-11-17(13-15)19(22)24-20(2,3)4/h7,9,11,13-14,16H,5-6,8,10,12H2,1-4H3. The zero-order valence-electron chi connectivity index (χ0n) is 15.1. The van der Waals surface area contributed by atoms with Crippen molar-refractivity contribution in [3.05, 3.63) is 35.4 Å². The molecule has 0 bridgehead atoms. The highest BCUT2D eigenvalue weighted by Crippen LogP contribution is 2.37. The number of benzene rings is 1. The van der Waals surface area contributed by atoms with Crippen LogP contribution in [0.1, 0.15) is 75.2 Å². The van der Waals surface area contributed by atoms with E-state index in [0.717, 1.165) is 31.2 Å². The molecule has 0 spiro atoms. The monoisotopic (exact) mass is 332 g/mol. The SMILES string of the molecule is CCOC(=O)C1CCCC(c2cccc(C(=O)OC(C)(C)C)c2)C1. The van der Waals surface area contributed by atoms with Crippen LogP contribution >= 0.6 is 0 Å². The Bertz CT molecular complexity index is 586. The third-order valence-electron chi connectivity index (χ3n) is 4.29. The molecule has 4 heteroatoms. The van der Waals surface area contributed by atoms with Gasteiger partial charge in [0.25, 0.3) is 0 Å². The summed E-state index contributed by atoms with van der Waals surface area (Å²) >= 11 is 0. The van der Waals surface area contributed by atoms with Gasteiger partial charge in [0.15, 0.2) is 0 Å². The van der Waals surface area contributed by atoms with Gasteiger partial charge in [-0.2, -0.15) is 0 Å². The molecule has 1 aliphatic rings. The molecule has 0 saturated heterocycles. The molecule has 1 fully saturated rings. The molecule has 1 aliphatic carbocycles. The molecule has 2 unspecified atom stereocenters. The van der Waals surface area contributed by atoms with E-state index in [-0.39, 0.29) is 23.8 Å². The van der Waals surface area contributed by atoms with E-state index in [1.165, 1.54) is 0 Å². The molecule has 24 heavy (non-hydrogen) atoms. The number of rotatable bonds is 4. The van der Waals surface area contributed by atoms with Crippen molar-refractivity contribution in [1.29, 1.82) is 0 Å². The second kappa shape index (κ2) is 7.82. The maximum absolute atomic E-state index is 12.3. The molecule has 4 nitrogen and oxygen atoms in total. The minimum atomic E-state index is -0.507. The predicted octanol–water partition coefficient (Wildman–Crippen LogP) is 4.48. The molecule has 1 aromatic carbocycles. The van der Waals surface area contributed by atoms with Gasteiger partial charge < -0.3 is 9.47 Å². The number of carbonyl (C=O) groups excluding carboxylic acids is 2. The van der Waals surface area contributed by atoms with Crippen LogP contribution in [0.15, 0.2) is 24.3 Å². The fraction of sp³-hybridized carbons (Fsp3) is 0.600. The van der Waals surface area contributed by atoms with E-state index >= 15 is 0 Å². The highest BCUT2D eigenvalue weighted by Gasteiger charge is 2.29. The van der Waals surface area contributed by atoms with E-state index in [1.807, 2.05) is 45.9 Å². The lowest BCUT2D eigenvalue weighted by Gasteiger charge is -2.28. The first kappa shape index (κ1) is 18.5. The van der Waals surface area contributed by atoms with Crippen molar-refractivity contribution < 1.29 is 19.1 Å². The molecule has 2 atom stereocenters. The van der Waals surface area contributed by atoms with Crippen LogP contribution < -0.4 is 0 Å². The average Bonchev–Trinajstić information content (AvgIpc) is 2.54. The number of ether oxygens (including phenoxy) is 2. The van der Waals surface area contributed by atoms with Gasteiger partial charge in [0.05, 0.1) is 18.1 Å². The number of esters is 2. The topological polar surface area (TPSA) is 52.6 Å². The largest absolute Gasteiger partial charge is 0.466 e. The number of hydrogen-bond donors (Lipinski definition) is 0. The van der Waals surface area contributed by atoms with E-state index in [2.05, 4.69) is 0 Å². The summed E-state index contributed by atoms with van der Waals surface area (Å²) in [5.41, 5.74) is 1.17. The number of carbonyl (C=O) groups is 2. The molecule has 0 N–H and O–H groups in total. The molecule has 132 valence electrons. The Morgan fingerprint density at radius 1 is 1.21 bits per heavy atom. The second-order valence-electron chi connectivity index (χ2n) is 7.44. The molecule has 0 aliphatic heterocycles. The van der Waals surface area contributed by atoms with Crippen molar-refractivity contribution in [2.24, 2.45) is 5.92 Å². The summed E-state index contributed by atoms with van der Waals surface area (Å²) in [7, 11) is 0. The van der Waals surface area contributed by atoms with Crippen LogP contribution in [-0.2, 0) is 14.3 Å². The average molecular weight is 332 g/mol. The molecule has 1 aromatic rings. The fourth-order valence-corrected chi connectivity index (χ4v) is 3.22. The van der Waals surface area contributed by atoms with Gasteiger partial charge in [0.2, 0.25) is 0 Å². The molecular formula is C20H28O4. The molecule has 0 aromatic heterocycles. The fourth-order valence-electron chi connectivity index (χ4n) is 3.22. The minimum Gasteiger partial charge on any atom is -0.466 e. The van der Waals surface area contributed by atoms with Gasteiger partial charge in [-0.15, -0.1) is 0 Å². The lowest BCUT2D eigenvalue weighted by molar-refractivity contribution is -0.149. The first-order chi connectivity index (χ1) is 11.3. The van der Waals surface area contributed by atoms with Gasteiger partial charge in [-0.3, -0.25) is 4.79 Å². The second-order valence-corrected chi connectivity index (χ2v) is 7.44. The van der Waals surface area contributed by atoms with Crippen molar-refractivity contribution in [1.82, 2.24) is 0 Å². The van der Waals surface area contributed by atoms with Crippen molar-refractivity contribution in [2.75, 3.05) is 6.61 Å². The van der Waals surface area contributed by atoms with E-state index in [1.54, 1.807) is 6.07 Å². The predicted molar refractivity (Wildman–Crippen MR) is 92.9 cm³/mol. The zero-order valence-corrected chi connectivity index (χ0v) is 15.1. The minimum absolute atomic E-state index is 0.0334. The van der Waals surface area contributed by atoms with E-state index in [4.69, 9.17) is 9.47 Å². The highest BCUT2D eigenvalue weighted by atomic mass is 16.6. The van der Waals surface area contributed by atoms with Crippen LogP contribution in [0.3, 0.4) is 0 Å². The summed E-state index contributed by atoms with van der Waals surface area (Å²) in [5.74, 6) is -0.142. The summed E-state index contributed by atoms with van der Waals surface area (Å²) in [6.45, 7) is 7.84. The van der Waals surface area contributed by atoms with Crippen molar-refractivity contribution >= 4 is 11.9 Å². The third-order valence-corrected chi connectivity index (χ3v) is 4.29. The molecule has 0 radical (unpaired) electrons. The Morgan fingerprint density at radius 3 is 2.62 bits per heavy atom. The smallest absolute Gasteiger partial charge is 0.338 e. The summed E-state index contributed by atoms with van der Waals surface area (Å²) in [4.78, 5) is 24.3. The Kier molecular flexibility index (Phi) is 6.03. The number of hydrogen-bond acceptors (Lipinski definition) is 4. The van der Waals surface area contributed by atoms with Crippen LogP contribution in [-0.4, -0.2) is 24.1 Å². The summed E-state index contributed by atoms with van der Waals surface area (Å²) in [6.07, 6.45) is 3.72. The van der Waals surface area contributed by atoms with Crippen molar-refractivity contribution in [3.8, 4) is 0 Å². The normalized spacial score (nSPS) is 21.2. The quantitative estimate of drug-likeness (QED) is 0.763.